The molecule has 5 aromatic rings. The third kappa shape index (κ3) is 5.05. The van der Waals surface area contributed by atoms with E-state index in [4.69, 9.17) is 18.3 Å². The Hall–Kier alpha value is -4.60. The van der Waals surface area contributed by atoms with Crippen LogP contribution in [-0.2, 0) is 12.8 Å². The Morgan fingerprint density at radius 2 is 1.73 bits per heavy atom. The minimum absolute atomic E-state index is 0.107. The van der Waals surface area contributed by atoms with Gasteiger partial charge in [0.05, 0.1) is 24.9 Å². The van der Waals surface area contributed by atoms with Crippen molar-refractivity contribution in [2.24, 2.45) is 0 Å². The molecule has 2 saturated carbocycles. The molecule has 10 nitrogen and oxygen atoms in total. The summed E-state index contributed by atoms with van der Waals surface area (Å²) in [5.74, 6) is 1.37. The summed E-state index contributed by atoms with van der Waals surface area (Å²) in [7, 11) is 0. The van der Waals surface area contributed by atoms with E-state index < -0.39 is 5.56 Å². The van der Waals surface area contributed by atoms with Crippen molar-refractivity contribution in [1.82, 2.24) is 19.7 Å². The van der Waals surface area contributed by atoms with E-state index in [1.807, 2.05) is 42.5 Å². The molecule has 3 heterocycles. The topological polar surface area (TPSA) is 126 Å². The molecule has 0 bridgehead atoms. The number of hydrogen-bond acceptors (Lipinski definition) is 9. The number of rotatable bonds is 11. The molecule has 2 aromatic carbocycles. The Morgan fingerprint density at radius 1 is 1.00 bits per heavy atom. The fraction of sp³-hybridized carbons (Fsp3) is 0.355. The molecule has 210 valence electrons. The standard InChI is InChI=1S/C31H30N4O6/c1-2-3-11-25-32-29(36)27(30-34-33-26(41-30)16-18-17-38-22-8-5-4-7-21(18)22)31(37)35(25)28-23(39-19-12-13-19)9-6-10-24(28)40-20-14-15-20/h4-10,17,19-20,37H,2-3,11-16H2,1H3. The van der Waals surface area contributed by atoms with Crippen LogP contribution in [0.1, 0.15) is 62.7 Å². The normalized spacial score (nSPS) is 15.0. The molecule has 1 N–H and O–H groups in total. The zero-order chi connectivity index (χ0) is 27.9. The van der Waals surface area contributed by atoms with E-state index in [0.29, 0.717) is 35.9 Å². The lowest BCUT2D eigenvalue weighted by atomic mass is 10.1. The third-order valence-corrected chi connectivity index (χ3v) is 7.30. The molecular weight excluding hydrogens is 524 g/mol. The molecule has 2 fully saturated rings. The van der Waals surface area contributed by atoms with Gasteiger partial charge >= 0.3 is 0 Å². The quantitative estimate of drug-likeness (QED) is 0.217. The third-order valence-electron chi connectivity index (χ3n) is 7.30. The number of para-hydroxylation sites is 2. The summed E-state index contributed by atoms with van der Waals surface area (Å²) in [6.07, 6.45) is 8.17. The SMILES string of the molecule is CCCCc1nc(=O)c(-c2nnc(Cc3coc4ccccc34)o2)c(O)n1-c1c(OC2CC2)cccc1OC1CC1. The minimum atomic E-state index is -0.640. The summed E-state index contributed by atoms with van der Waals surface area (Å²) in [6, 6.07) is 13.3. The number of benzene rings is 2. The zero-order valence-electron chi connectivity index (χ0n) is 22.7. The number of nitrogens with zero attached hydrogens (tertiary/aromatic N) is 4. The maximum atomic E-state index is 13.4. The van der Waals surface area contributed by atoms with E-state index in [2.05, 4.69) is 22.1 Å². The first-order valence-electron chi connectivity index (χ1n) is 14.2. The molecule has 0 unspecified atom stereocenters. The van der Waals surface area contributed by atoms with Crippen LogP contribution in [0.3, 0.4) is 0 Å². The van der Waals surface area contributed by atoms with Gasteiger partial charge in [0.25, 0.3) is 11.4 Å². The number of ether oxygens (including phenoxy) is 2. The Labute approximate surface area is 235 Å². The van der Waals surface area contributed by atoms with Crippen LogP contribution in [0.15, 0.2) is 62.4 Å². The van der Waals surface area contributed by atoms with E-state index in [9.17, 15) is 9.90 Å². The molecule has 41 heavy (non-hydrogen) atoms. The zero-order valence-corrected chi connectivity index (χ0v) is 22.7. The van der Waals surface area contributed by atoms with Gasteiger partial charge in [0.2, 0.25) is 11.8 Å². The van der Waals surface area contributed by atoms with Crippen LogP contribution >= 0.6 is 0 Å². The number of aryl methyl sites for hydroxylation is 1. The molecule has 0 saturated heterocycles. The first-order chi connectivity index (χ1) is 20.1. The smallest absolute Gasteiger partial charge is 0.289 e. The van der Waals surface area contributed by atoms with Gasteiger partial charge in [-0.25, -0.2) is 0 Å². The number of aromatic hydroxyl groups is 1. The molecule has 7 rings (SSSR count). The minimum Gasteiger partial charge on any atom is -0.493 e. The van der Waals surface area contributed by atoms with Crippen molar-refractivity contribution in [3.63, 3.8) is 0 Å². The molecule has 2 aliphatic rings. The van der Waals surface area contributed by atoms with E-state index in [1.54, 1.807) is 10.8 Å². The second-order valence-electron chi connectivity index (χ2n) is 10.6. The van der Waals surface area contributed by atoms with Gasteiger partial charge in [-0.05, 0) is 50.3 Å². The molecule has 10 heteroatoms. The van der Waals surface area contributed by atoms with E-state index in [-0.39, 0.29) is 35.4 Å². The lowest BCUT2D eigenvalue weighted by molar-refractivity contribution is 0.283. The summed E-state index contributed by atoms with van der Waals surface area (Å²) in [6.45, 7) is 2.06. The Kier molecular flexibility index (Phi) is 6.45. The number of aromatic nitrogens is 4. The average molecular weight is 555 g/mol. The average Bonchev–Trinajstić information content (AvgIpc) is 3.89. The predicted octanol–water partition coefficient (Wildman–Crippen LogP) is 5.75. The van der Waals surface area contributed by atoms with Crippen LogP contribution in [-0.4, -0.2) is 37.1 Å². The van der Waals surface area contributed by atoms with Gasteiger partial charge in [0.15, 0.2) is 5.56 Å². The van der Waals surface area contributed by atoms with E-state index in [1.165, 1.54) is 0 Å². The molecule has 0 radical (unpaired) electrons. The lowest BCUT2D eigenvalue weighted by Crippen LogP contribution is -2.21. The molecule has 0 spiro atoms. The summed E-state index contributed by atoms with van der Waals surface area (Å²) in [5, 5.41) is 21.0. The Balaban J connectivity index is 1.33. The van der Waals surface area contributed by atoms with Crippen molar-refractivity contribution >= 4 is 11.0 Å². The molecule has 0 atom stereocenters. The van der Waals surface area contributed by atoms with E-state index in [0.717, 1.165) is 55.1 Å². The van der Waals surface area contributed by atoms with Crippen LogP contribution in [0.2, 0.25) is 0 Å². The highest BCUT2D eigenvalue weighted by Crippen LogP contribution is 2.42. The maximum absolute atomic E-state index is 13.4. The summed E-state index contributed by atoms with van der Waals surface area (Å²) in [5.41, 5.74) is 1.34. The summed E-state index contributed by atoms with van der Waals surface area (Å²) in [4.78, 5) is 17.8. The van der Waals surface area contributed by atoms with Gasteiger partial charge in [-0.3, -0.25) is 9.36 Å². The number of unbranched alkanes of at least 4 members (excludes halogenated alkanes) is 1. The van der Waals surface area contributed by atoms with Crippen molar-refractivity contribution < 1.29 is 23.4 Å². The van der Waals surface area contributed by atoms with Crippen molar-refractivity contribution in [2.75, 3.05) is 0 Å². The second-order valence-corrected chi connectivity index (χ2v) is 10.6. The van der Waals surface area contributed by atoms with Crippen LogP contribution in [0.25, 0.3) is 28.1 Å². The molecule has 2 aliphatic carbocycles. The van der Waals surface area contributed by atoms with Gasteiger partial charge in [0.1, 0.15) is 28.6 Å². The lowest BCUT2D eigenvalue weighted by Gasteiger charge is -2.22. The molecule has 0 aliphatic heterocycles. The highest BCUT2D eigenvalue weighted by Gasteiger charge is 2.32. The van der Waals surface area contributed by atoms with Crippen LogP contribution in [0.5, 0.6) is 17.4 Å². The number of furan rings is 1. The van der Waals surface area contributed by atoms with Gasteiger partial charge in [-0.1, -0.05) is 37.6 Å². The molecule has 3 aromatic heterocycles. The maximum Gasteiger partial charge on any atom is 0.289 e. The van der Waals surface area contributed by atoms with Crippen LogP contribution in [0, 0.1) is 0 Å². The second kappa shape index (κ2) is 10.4. The van der Waals surface area contributed by atoms with Gasteiger partial charge < -0.3 is 23.4 Å². The Bertz CT molecular complexity index is 1750. The highest BCUT2D eigenvalue weighted by atomic mass is 16.5. The van der Waals surface area contributed by atoms with Crippen molar-refractivity contribution in [1.29, 1.82) is 0 Å². The van der Waals surface area contributed by atoms with E-state index >= 15 is 0 Å². The monoisotopic (exact) mass is 554 g/mol. The highest BCUT2D eigenvalue weighted by molar-refractivity contribution is 5.81. The van der Waals surface area contributed by atoms with Crippen molar-refractivity contribution in [2.45, 2.75) is 70.5 Å². The first kappa shape index (κ1) is 25.4. The van der Waals surface area contributed by atoms with Gasteiger partial charge in [-0.2, -0.15) is 4.98 Å². The number of fused-ring (bicyclic) bond motifs is 1. The van der Waals surface area contributed by atoms with Crippen molar-refractivity contribution in [3.05, 3.63) is 76.4 Å². The first-order valence-corrected chi connectivity index (χ1v) is 14.2. The predicted molar refractivity (Wildman–Crippen MR) is 150 cm³/mol. The fourth-order valence-electron chi connectivity index (χ4n) is 4.88. The molecule has 0 amide bonds. The number of hydrogen-bond donors (Lipinski definition) is 1. The van der Waals surface area contributed by atoms with Crippen LogP contribution < -0.4 is 15.0 Å². The van der Waals surface area contributed by atoms with Gasteiger partial charge in [-0.15, -0.1) is 10.2 Å². The van der Waals surface area contributed by atoms with Crippen molar-refractivity contribution in [3.8, 4) is 34.5 Å². The van der Waals surface area contributed by atoms with Crippen LogP contribution in [0.4, 0.5) is 0 Å². The Morgan fingerprint density at radius 3 is 2.44 bits per heavy atom. The molecular formula is C31H30N4O6. The largest absolute Gasteiger partial charge is 0.493 e. The summed E-state index contributed by atoms with van der Waals surface area (Å²) >= 11 is 0. The van der Waals surface area contributed by atoms with Gasteiger partial charge in [0, 0.05) is 17.4 Å². The summed E-state index contributed by atoms with van der Waals surface area (Å²) < 4.78 is 25.7. The fourth-order valence-corrected chi connectivity index (χ4v) is 4.88.